The lowest BCUT2D eigenvalue weighted by atomic mass is 10.1. The van der Waals surface area contributed by atoms with Crippen molar-refractivity contribution < 1.29 is 13.9 Å². The largest absolute Gasteiger partial charge is 0.422 e. The molecule has 2 aromatic heterocycles. The number of benzene rings is 1. The van der Waals surface area contributed by atoms with E-state index in [0.29, 0.717) is 28.0 Å². The van der Waals surface area contributed by atoms with Gasteiger partial charge in [-0.15, -0.1) is 0 Å². The highest BCUT2D eigenvalue weighted by Gasteiger charge is 2.30. The van der Waals surface area contributed by atoms with Crippen molar-refractivity contribution in [2.75, 3.05) is 0 Å². The Kier molecular flexibility index (Phi) is 2.96. The number of carbonyl (C=O) groups excluding carboxylic acids is 1. The molecule has 0 radical (unpaired) electrons. The molecule has 0 atom stereocenters. The highest BCUT2D eigenvalue weighted by Crippen LogP contribution is 2.32. The van der Waals surface area contributed by atoms with Gasteiger partial charge in [0.1, 0.15) is 17.1 Å². The number of aryl methyl sites for hydroxylation is 2. The average molecular weight is 324 g/mol. The Hall–Kier alpha value is -3.15. The molecule has 0 spiro atoms. The van der Waals surface area contributed by atoms with Crippen molar-refractivity contribution in [2.24, 2.45) is 7.05 Å². The lowest BCUT2D eigenvalue weighted by molar-refractivity contribution is 0.0715. The van der Waals surface area contributed by atoms with Crippen molar-refractivity contribution in [1.82, 2.24) is 9.55 Å². The van der Waals surface area contributed by atoms with E-state index < -0.39 is 11.5 Å². The number of pyridine rings is 1. The number of fused-ring (bicyclic) bond motifs is 2. The van der Waals surface area contributed by atoms with Crippen LogP contribution in [-0.2, 0) is 11.8 Å². The first-order chi connectivity index (χ1) is 11.4. The topological polar surface area (TPSA) is 64.1 Å². The zero-order chi connectivity index (χ0) is 17.0. The zero-order valence-electron chi connectivity index (χ0n) is 13.0. The van der Waals surface area contributed by atoms with Gasteiger partial charge in [0.15, 0.2) is 0 Å². The first-order valence-electron chi connectivity index (χ1n) is 7.37. The third-order valence-electron chi connectivity index (χ3n) is 4.11. The number of hydrogen-bond acceptors (Lipinski definition) is 3. The fraction of sp³-hybridized carbons (Fsp3) is 0.111. The number of esters is 1. The number of carbonyl (C=O) groups is 1. The molecule has 3 heterocycles. The second kappa shape index (κ2) is 4.92. The molecular weight excluding hydrogens is 311 g/mol. The van der Waals surface area contributed by atoms with Gasteiger partial charge in [-0.25, -0.2) is 9.18 Å². The van der Waals surface area contributed by atoms with Gasteiger partial charge in [-0.05, 0) is 37.3 Å². The van der Waals surface area contributed by atoms with E-state index in [2.05, 4.69) is 4.98 Å². The Balaban J connectivity index is 1.95. The van der Waals surface area contributed by atoms with Crippen LogP contribution in [0.4, 0.5) is 4.39 Å². The summed E-state index contributed by atoms with van der Waals surface area (Å²) in [5, 5.41) is 0.705. The van der Waals surface area contributed by atoms with Crippen molar-refractivity contribution in [3.63, 3.8) is 0 Å². The van der Waals surface area contributed by atoms with Gasteiger partial charge in [0.2, 0.25) is 0 Å². The van der Waals surface area contributed by atoms with Gasteiger partial charge >= 0.3 is 5.97 Å². The fourth-order valence-corrected chi connectivity index (χ4v) is 3.05. The predicted molar refractivity (Wildman–Crippen MR) is 88.0 cm³/mol. The number of H-pyrrole nitrogens is 1. The molecule has 1 aliphatic rings. The number of nitrogens with zero attached hydrogens (tertiary/aromatic N) is 1. The molecule has 0 saturated carbocycles. The van der Waals surface area contributed by atoms with Crippen molar-refractivity contribution in [1.29, 1.82) is 0 Å². The minimum atomic E-state index is -0.677. The van der Waals surface area contributed by atoms with E-state index in [1.165, 1.54) is 12.1 Å². The number of cyclic esters (lactones) is 1. The number of aromatic nitrogens is 2. The third-order valence-corrected chi connectivity index (χ3v) is 4.11. The Labute approximate surface area is 136 Å². The average Bonchev–Trinajstić information content (AvgIpc) is 2.97. The second-order valence-electron chi connectivity index (χ2n) is 5.83. The Morgan fingerprint density at radius 2 is 2.04 bits per heavy atom. The molecule has 0 unspecified atom stereocenters. The summed E-state index contributed by atoms with van der Waals surface area (Å²) in [4.78, 5) is 26.5. The number of rotatable bonds is 1. The molecular formula is C18H13FN2O3. The summed E-state index contributed by atoms with van der Waals surface area (Å²) in [6, 6.07) is 6.21. The van der Waals surface area contributed by atoms with Crippen LogP contribution in [0.3, 0.4) is 0 Å². The van der Waals surface area contributed by atoms with E-state index in [1.54, 1.807) is 25.1 Å². The van der Waals surface area contributed by atoms with Gasteiger partial charge in [0.25, 0.3) is 5.56 Å². The molecule has 0 aliphatic carbocycles. The molecule has 1 aromatic carbocycles. The summed E-state index contributed by atoms with van der Waals surface area (Å²) in [5.41, 5.74) is 2.18. The highest BCUT2D eigenvalue weighted by atomic mass is 19.1. The molecule has 5 nitrogen and oxygen atoms in total. The maximum Gasteiger partial charge on any atom is 0.349 e. The second-order valence-corrected chi connectivity index (χ2v) is 5.83. The van der Waals surface area contributed by atoms with Crippen molar-refractivity contribution in [3.05, 3.63) is 69.0 Å². The van der Waals surface area contributed by atoms with Crippen LogP contribution in [0.1, 0.15) is 27.2 Å². The molecule has 6 heteroatoms. The maximum absolute atomic E-state index is 13.6. The highest BCUT2D eigenvalue weighted by molar-refractivity contribution is 6.06. The van der Waals surface area contributed by atoms with E-state index in [4.69, 9.17) is 4.74 Å². The lowest BCUT2D eigenvalue weighted by Crippen LogP contribution is -2.16. The number of halogens is 1. The zero-order valence-corrected chi connectivity index (χ0v) is 13.0. The summed E-state index contributed by atoms with van der Waals surface area (Å²) in [6.45, 7) is 1.73. The van der Waals surface area contributed by atoms with Crippen LogP contribution < -0.4 is 5.56 Å². The first kappa shape index (κ1) is 14.4. The Morgan fingerprint density at radius 3 is 2.83 bits per heavy atom. The van der Waals surface area contributed by atoms with Gasteiger partial charge < -0.3 is 14.3 Å². The van der Waals surface area contributed by atoms with Gasteiger partial charge in [-0.2, -0.15) is 0 Å². The van der Waals surface area contributed by atoms with Gasteiger partial charge in [-0.1, -0.05) is 0 Å². The minimum Gasteiger partial charge on any atom is -0.422 e. The number of nitrogens with one attached hydrogen (secondary N) is 1. The quantitative estimate of drug-likeness (QED) is 0.700. The summed E-state index contributed by atoms with van der Waals surface area (Å²) < 4.78 is 20.7. The van der Waals surface area contributed by atoms with E-state index in [0.717, 1.165) is 5.52 Å². The van der Waals surface area contributed by atoms with Crippen LogP contribution >= 0.6 is 0 Å². The third kappa shape index (κ3) is 2.07. The molecule has 120 valence electrons. The van der Waals surface area contributed by atoms with E-state index >= 15 is 0 Å². The van der Waals surface area contributed by atoms with Crippen molar-refractivity contribution >= 4 is 28.7 Å². The van der Waals surface area contributed by atoms with Crippen molar-refractivity contribution in [3.8, 4) is 0 Å². The van der Waals surface area contributed by atoms with E-state index in [1.807, 2.05) is 17.8 Å². The molecule has 0 amide bonds. The summed E-state index contributed by atoms with van der Waals surface area (Å²) >= 11 is 0. The molecule has 4 rings (SSSR count). The number of ether oxygens (including phenoxy) is 1. The van der Waals surface area contributed by atoms with Gasteiger partial charge in [0, 0.05) is 41.0 Å². The molecule has 1 N–H and O–H groups in total. The summed E-state index contributed by atoms with van der Waals surface area (Å²) in [6.07, 6.45) is 3.48. The van der Waals surface area contributed by atoms with E-state index in [9.17, 15) is 14.0 Å². The van der Waals surface area contributed by atoms with Crippen LogP contribution in [0.5, 0.6) is 0 Å². The molecule has 3 aromatic rings. The molecule has 0 saturated heterocycles. The molecule has 0 fully saturated rings. The van der Waals surface area contributed by atoms with Crippen LogP contribution in [0, 0.1) is 12.7 Å². The normalized spacial score (nSPS) is 15.1. The fourth-order valence-electron chi connectivity index (χ4n) is 3.05. The van der Waals surface area contributed by atoms with Gasteiger partial charge in [-0.3, -0.25) is 4.79 Å². The SMILES string of the molecule is Cc1cc2c(c(=O)[nH]1)C(=O)OC2=Cc1cn(C)c2ccc(F)cc12. The van der Waals surface area contributed by atoms with Gasteiger partial charge in [0.05, 0.1) is 0 Å². The monoisotopic (exact) mass is 324 g/mol. The number of hydrogen-bond donors (Lipinski definition) is 1. The van der Waals surface area contributed by atoms with Crippen LogP contribution in [-0.4, -0.2) is 15.5 Å². The van der Waals surface area contributed by atoms with Crippen LogP contribution in [0.15, 0.2) is 35.3 Å². The van der Waals surface area contributed by atoms with Crippen LogP contribution in [0.25, 0.3) is 22.7 Å². The van der Waals surface area contributed by atoms with Crippen LogP contribution in [0.2, 0.25) is 0 Å². The molecule has 1 aliphatic heterocycles. The molecule has 0 bridgehead atoms. The van der Waals surface area contributed by atoms with E-state index in [-0.39, 0.29) is 11.4 Å². The first-order valence-corrected chi connectivity index (χ1v) is 7.37. The predicted octanol–water partition coefficient (Wildman–Crippen LogP) is 2.98. The summed E-state index contributed by atoms with van der Waals surface area (Å²) in [7, 11) is 1.85. The van der Waals surface area contributed by atoms with Crippen molar-refractivity contribution in [2.45, 2.75) is 6.92 Å². The maximum atomic E-state index is 13.6. The lowest BCUT2D eigenvalue weighted by Gasteiger charge is -2.00. The Bertz CT molecular complexity index is 1110. The smallest absolute Gasteiger partial charge is 0.349 e. The summed E-state index contributed by atoms with van der Waals surface area (Å²) in [5.74, 6) is -0.727. The number of aromatic amines is 1. The Morgan fingerprint density at radius 1 is 1.25 bits per heavy atom. The standard InChI is InChI=1S/C18H13FN2O3/c1-9-5-13-15(24-18(23)16(13)17(22)20-9)6-10-8-21(2)14-4-3-11(19)7-12(10)14/h3-8H,1-2H3,(H,20,22). The minimum absolute atomic E-state index is 0.00160. The molecule has 24 heavy (non-hydrogen) atoms.